The van der Waals surface area contributed by atoms with E-state index in [1.54, 1.807) is 0 Å². The maximum Gasteiger partial charge on any atom is 0.0528 e. The van der Waals surface area contributed by atoms with Crippen molar-refractivity contribution in [3.63, 3.8) is 0 Å². The van der Waals surface area contributed by atoms with Gasteiger partial charge in [-0.2, -0.15) is 0 Å². The Balaban J connectivity index is 2.23. The van der Waals surface area contributed by atoms with Crippen molar-refractivity contribution in [2.45, 2.75) is 13.8 Å². The van der Waals surface area contributed by atoms with Gasteiger partial charge in [-0.25, -0.2) is 0 Å². The summed E-state index contributed by atoms with van der Waals surface area (Å²) in [6, 6.07) is 14.7. The van der Waals surface area contributed by atoms with E-state index in [1.165, 1.54) is 11.1 Å². The molecule has 16 heavy (non-hydrogen) atoms. The lowest BCUT2D eigenvalue weighted by molar-refractivity contribution is 1.42. The highest BCUT2D eigenvalue weighted by atomic mass is 79.9. The third-order valence-corrected chi connectivity index (χ3v) is 3.11. The predicted molar refractivity (Wildman–Crippen MR) is 73.3 cm³/mol. The molecule has 2 rings (SSSR count). The monoisotopic (exact) mass is 275 g/mol. The molecular formula is C14H14BrN. The summed E-state index contributed by atoms with van der Waals surface area (Å²) in [5.41, 5.74) is 4.72. The molecule has 0 heterocycles. The quantitative estimate of drug-likeness (QED) is 0.830. The summed E-state index contributed by atoms with van der Waals surface area (Å²) in [7, 11) is 0. The normalized spacial score (nSPS) is 10.2. The Morgan fingerprint density at radius 1 is 0.875 bits per heavy atom. The van der Waals surface area contributed by atoms with E-state index in [0.717, 1.165) is 15.8 Å². The zero-order valence-corrected chi connectivity index (χ0v) is 11.0. The molecule has 82 valence electrons. The lowest BCUT2D eigenvalue weighted by atomic mass is 10.2. The molecule has 0 aliphatic carbocycles. The molecule has 0 saturated carbocycles. The van der Waals surface area contributed by atoms with Crippen molar-refractivity contribution < 1.29 is 0 Å². The van der Waals surface area contributed by atoms with Crippen LogP contribution in [-0.2, 0) is 0 Å². The lowest BCUT2D eigenvalue weighted by Gasteiger charge is -2.09. The third kappa shape index (κ3) is 2.64. The first-order valence-electron chi connectivity index (χ1n) is 5.25. The fourth-order valence-corrected chi connectivity index (χ4v) is 2.11. The van der Waals surface area contributed by atoms with Crippen molar-refractivity contribution in [3.8, 4) is 0 Å². The van der Waals surface area contributed by atoms with E-state index in [4.69, 9.17) is 0 Å². The largest absolute Gasteiger partial charge is 0.355 e. The van der Waals surface area contributed by atoms with Gasteiger partial charge in [0.15, 0.2) is 0 Å². The van der Waals surface area contributed by atoms with Crippen LogP contribution in [-0.4, -0.2) is 0 Å². The summed E-state index contributed by atoms with van der Waals surface area (Å²) in [6.07, 6.45) is 0. The molecule has 1 nitrogen and oxygen atoms in total. The Bertz CT molecular complexity index is 489. The summed E-state index contributed by atoms with van der Waals surface area (Å²) in [4.78, 5) is 0. The molecule has 0 aliphatic rings. The minimum absolute atomic E-state index is 1.09. The van der Waals surface area contributed by atoms with Crippen molar-refractivity contribution in [2.75, 3.05) is 5.32 Å². The zero-order chi connectivity index (χ0) is 11.5. The highest BCUT2D eigenvalue weighted by molar-refractivity contribution is 9.10. The van der Waals surface area contributed by atoms with Crippen molar-refractivity contribution in [3.05, 3.63) is 58.1 Å². The number of rotatable bonds is 2. The van der Waals surface area contributed by atoms with Gasteiger partial charge < -0.3 is 5.32 Å². The molecule has 0 radical (unpaired) electrons. The van der Waals surface area contributed by atoms with Crippen LogP contribution in [0.4, 0.5) is 11.4 Å². The van der Waals surface area contributed by atoms with Gasteiger partial charge in [0.25, 0.3) is 0 Å². The van der Waals surface area contributed by atoms with E-state index in [2.05, 4.69) is 77.6 Å². The second-order valence-corrected chi connectivity index (χ2v) is 4.83. The fraction of sp³-hybridized carbons (Fsp3) is 0.143. The van der Waals surface area contributed by atoms with Crippen LogP contribution in [0, 0.1) is 13.8 Å². The van der Waals surface area contributed by atoms with Crippen LogP contribution in [0.5, 0.6) is 0 Å². The van der Waals surface area contributed by atoms with E-state index < -0.39 is 0 Å². The highest BCUT2D eigenvalue weighted by Gasteiger charge is 1.99. The van der Waals surface area contributed by atoms with Crippen LogP contribution < -0.4 is 5.32 Å². The van der Waals surface area contributed by atoms with Gasteiger partial charge in [-0.1, -0.05) is 23.8 Å². The second-order valence-electron chi connectivity index (χ2n) is 3.97. The number of anilines is 2. The number of halogens is 1. The minimum atomic E-state index is 1.09. The first-order chi connectivity index (χ1) is 7.65. The Kier molecular flexibility index (Phi) is 3.30. The van der Waals surface area contributed by atoms with E-state index in [0.29, 0.717) is 0 Å². The van der Waals surface area contributed by atoms with Gasteiger partial charge in [-0.15, -0.1) is 0 Å². The number of benzene rings is 2. The molecule has 0 amide bonds. The summed E-state index contributed by atoms with van der Waals surface area (Å²) in [5.74, 6) is 0. The van der Waals surface area contributed by atoms with Crippen LogP contribution in [0.2, 0.25) is 0 Å². The van der Waals surface area contributed by atoms with Gasteiger partial charge in [0, 0.05) is 10.2 Å². The molecule has 0 unspecified atom stereocenters. The maximum atomic E-state index is 3.56. The molecule has 0 spiro atoms. The number of aryl methyl sites for hydroxylation is 2. The smallest absolute Gasteiger partial charge is 0.0528 e. The fourth-order valence-electron chi connectivity index (χ4n) is 1.51. The predicted octanol–water partition coefficient (Wildman–Crippen LogP) is 4.81. The van der Waals surface area contributed by atoms with Crippen LogP contribution in [0.25, 0.3) is 0 Å². The Hall–Kier alpha value is -1.28. The van der Waals surface area contributed by atoms with Gasteiger partial charge in [0.05, 0.1) is 5.69 Å². The molecule has 0 bridgehead atoms. The van der Waals surface area contributed by atoms with E-state index in [-0.39, 0.29) is 0 Å². The molecular weight excluding hydrogens is 262 g/mol. The zero-order valence-electron chi connectivity index (χ0n) is 9.42. The maximum absolute atomic E-state index is 3.56. The lowest BCUT2D eigenvalue weighted by Crippen LogP contribution is -1.91. The van der Waals surface area contributed by atoms with Crippen LogP contribution in [0.15, 0.2) is 46.9 Å². The third-order valence-electron chi connectivity index (χ3n) is 2.46. The second kappa shape index (κ2) is 4.71. The molecule has 0 aliphatic heterocycles. The Morgan fingerprint density at radius 2 is 1.50 bits per heavy atom. The van der Waals surface area contributed by atoms with Gasteiger partial charge in [-0.05, 0) is 59.6 Å². The summed E-state index contributed by atoms with van der Waals surface area (Å²) in [6.45, 7) is 4.17. The van der Waals surface area contributed by atoms with E-state index >= 15 is 0 Å². The number of nitrogens with one attached hydrogen (secondary N) is 1. The summed E-state index contributed by atoms with van der Waals surface area (Å²) < 4.78 is 1.09. The average Bonchev–Trinajstić information content (AvgIpc) is 2.25. The van der Waals surface area contributed by atoms with E-state index in [9.17, 15) is 0 Å². The van der Waals surface area contributed by atoms with Crippen molar-refractivity contribution in [2.24, 2.45) is 0 Å². The van der Waals surface area contributed by atoms with Crippen molar-refractivity contribution >= 4 is 27.3 Å². The summed E-state index contributed by atoms with van der Waals surface area (Å²) >= 11 is 3.56. The first-order valence-corrected chi connectivity index (χ1v) is 6.04. The topological polar surface area (TPSA) is 12.0 Å². The van der Waals surface area contributed by atoms with Crippen molar-refractivity contribution in [1.29, 1.82) is 0 Å². The first kappa shape index (κ1) is 11.2. The van der Waals surface area contributed by atoms with Gasteiger partial charge in [0.2, 0.25) is 0 Å². The van der Waals surface area contributed by atoms with Gasteiger partial charge in [-0.3, -0.25) is 0 Å². The SMILES string of the molecule is Cc1ccc(Nc2ccc(C)cc2Br)cc1. The summed E-state index contributed by atoms with van der Waals surface area (Å²) in [5, 5.41) is 3.38. The van der Waals surface area contributed by atoms with Crippen LogP contribution >= 0.6 is 15.9 Å². The molecule has 0 saturated heterocycles. The van der Waals surface area contributed by atoms with Crippen LogP contribution in [0.1, 0.15) is 11.1 Å². The van der Waals surface area contributed by atoms with Gasteiger partial charge in [0.1, 0.15) is 0 Å². The minimum Gasteiger partial charge on any atom is -0.355 e. The average molecular weight is 276 g/mol. The Labute approximate surface area is 105 Å². The molecule has 2 aromatic carbocycles. The molecule has 0 aromatic heterocycles. The number of hydrogen-bond acceptors (Lipinski definition) is 1. The molecule has 0 fully saturated rings. The highest BCUT2D eigenvalue weighted by Crippen LogP contribution is 2.26. The molecule has 1 N–H and O–H groups in total. The molecule has 0 atom stereocenters. The molecule has 2 aromatic rings. The van der Waals surface area contributed by atoms with E-state index in [1.807, 2.05) is 0 Å². The van der Waals surface area contributed by atoms with Crippen LogP contribution in [0.3, 0.4) is 0 Å². The number of hydrogen-bond donors (Lipinski definition) is 1. The van der Waals surface area contributed by atoms with Crippen molar-refractivity contribution in [1.82, 2.24) is 0 Å². The Morgan fingerprint density at radius 3 is 2.12 bits per heavy atom. The van der Waals surface area contributed by atoms with Gasteiger partial charge >= 0.3 is 0 Å². The molecule has 2 heteroatoms. The standard InChI is InChI=1S/C14H14BrN/c1-10-3-6-12(7-4-10)16-14-8-5-11(2)9-13(14)15/h3-9,16H,1-2H3.